The Morgan fingerprint density at radius 1 is 1.04 bits per heavy atom. The van der Waals surface area contributed by atoms with Gasteiger partial charge in [0.1, 0.15) is 11.5 Å². The van der Waals surface area contributed by atoms with Crippen LogP contribution in [-0.4, -0.2) is 31.7 Å². The number of aryl methyl sites for hydroxylation is 1. The van der Waals surface area contributed by atoms with Crippen LogP contribution in [0, 0.1) is 6.92 Å². The quantitative estimate of drug-likeness (QED) is 0.711. The molecule has 138 valence electrons. The first-order chi connectivity index (χ1) is 12.5. The van der Waals surface area contributed by atoms with Crippen molar-refractivity contribution < 1.29 is 23.8 Å². The Kier molecular flexibility index (Phi) is 7.29. The van der Waals surface area contributed by atoms with Gasteiger partial charge >= 0.3 is 5.97 Å². The summed E-state index contributed by atoms with van der Waals surface area (Å²) in [5.41, 5.74) is 1.46. The highest BCUT2D eigenvalue weighted by Crippen LogP contribution is 2.25. The molecule has 2 rings (SSSR count). The Bertz CT molecular complexity index is 778. The predicted molar refractivity (Wildman–Crippen MR) is 98.9 cm³/mol. The number of ether oxygens (including phenoxy) is 3. The first-order valence-electron chi connectivity index (χ1n) is 8.06. The summed E-state index contributed by atoms with van der Waals surface area (Å²) in [4.78, 5) is 23.7. The van der Waals surface area contributed by atoms with Crippen molar-refractivity contribution in [3.8, 4) is 11.5 Å². The van der Waals surface area contributed by atoms with Gasteiger partial charge in [0, 0.05) is 0 Å². The number of amides is 1. The van der Waals surface area contributed by atoms with Crippen molar-refractivity contribution in [1.29, 1.82) is 0 Å². The number of benzene rings is 2. The summed E-state index contributed by atoms with van der Waals surface area (Å²) in [7, 11) is 0. The van der Waals surface area contributed by atoms with Gasteiger partial charge in [0.05, 0.1) is 17.3 Å². The summed E-state index contributed by atoms with van der Waals surface area (Å²) < 4.78 is 15.6. The number of rotatable bonds is 8. The van der Waals surface area contributed by atoms with Crippen LogP contribution in [-0.2, 0) is 14.3 Å². The van der Waals surface area contributed by atoms with E-state index in [1.165, 1.54) is 0 Å². The average Bonchev–Trinajstić information content (AvgIpc) is 2.62. The highest BCUT2D eigenvalue weighted by atomic mass is 35.5. The maximum absolute atomic E-state index is 11.9. The van der Waals surface area contributed by atoms with Crippen LogP contribution in [0.2, 0.25) is 5.02 Å². The van der Waals surface area contributed by atoms with Crippen LogP contribution in [0.4, 0.5) is 5.69 Å². The zero-order chi connectivity index (χ0) is 18.9. The number of esters is 1. The average molecular weight is 378 g/mol. The molecular formula is C19H20ClNO5. The van der Waals surface area contributed by atoms with Crippen LogP contribution >= 0.6 is 11.6 Å². The highest BCUT2D eigenvalue weighted by molar-refractivity contribution is 6.32. The molecule has 0 aromatic heterocycles. The van der Waals surface area contributed by atoms with Gasteiger partial charge in [-0.1, -0.05) is 29.8 Å². The van der Waals surface area contributed by atoms with Crippen molar-refractivity contribution in [3.05, 3.63) is 53.1 Å². The molecule has 2 aromatic carbocycles. The number of hydrogen-bond acceptors (Lipinski definition) is 5. The largest absolute Gasteiger partial charge is 0.492 e. The lowest BCUT2D eigenvalue weighted by molar-refractivity contribution is -0.149. The zero-order valence-electron chi connectivity index (χ0n) is 14.6. The molecule has 0 fully saturated rings. The van der Waals surface area contributed by atoms with E-state index in [0.29, 0.717) is 28.8 Å². The molecule has 0 bridgehead atoms. The predicted octanol–water partition coefficient (Wildman–Crippen LogP) is 3.61. The van der Waals surface area contributed by atoms with Crippen molar-refractivity contribution in [2.75, 3.05) is 25.1 Å². The fourth-order valence-electron chi connectivity index (χ4n) is 2.08. The molecule has 0 atom stereocenters. The van der Waals surface area contributed by atoms with Gasteiger partial charge in [0.2, 0.25) is 0 Å². The van der Waals surface area contributed by atoms with Gasteiger partial charge in [-0.25, -0.2) is 4.79 Å². The normalized spacial score (nSPS) is 10.1. The number of nitrogens with one attached hydrogen (secondary N) is 1. The number of hydrogen-bond donors (Lipinski definition) is 1. The third kappa shape index (κ3) is 5.97. The molecule has 0 heterocycles. The van der Waals surface area contributed by atoms with E-state index >= 15 is 0 Å². The minimum atomic E-state index is -0.671. The van der Waals surface area contributed by atoms with E-state index in [0.717, 1.165) is 5.56 Å². The Labute approximate surface area is 157 Å². The summed E-state index contributed by atoms with van der Waals surface area (Å²) in [5.74, 6) is -0.208. The van der Waals surface area contributed by atoms with Gasteiger partial charge < -0.3 is 19.5 Å². The molecule has 0 unspecified atom stereocenters. The Balaban J connectivity index is 1.80. The Hall–Kier alpha value is -2.73. The summed E-state index contributed by atoms with van der Waals surface area (Å²) in [6, 6.07) is 12.2. The van der Waals surface area contributed by atoms with Crippen LogP contribution in [0.5, 0.6) is 11.5 Å². The maximum Gasteiger partial charge on any atom is 0.344 e. The van der Waals surface area contributed by atoms with Gasteiger partial charge in [-0.15, -0.1) is 0 Å². The summed E-state index contributed by atoms with van der Waals surface area (Å²) in [6.07, 6.45) is 0. The summed E-state index contributed by atoms with van der Waals surface area (Å²) >= 11 is 5.98. The molecule has 6 nitrogen and oxygen atoms in total. The summed E-state index contributed by atoms with van der Waals surface area (Å²) in [6.45, 7) is 3.43. The molecule has 0 spiro atoms. The molecule has 1 N–H and O–H groups in total. The number of anilines is 1. The van der Waals surface area contributed by atoms with Crippen LogP contribution in [0.15, 0.2) is 42.5 Å². The van der Waals surface area contributed by atoms with E-state index in [4.69, 9.17) is 25.8 Å². The van der Waals surface area contributed by atoms with E-state index < -0.39 is 18.5 Å². The van der Waals surface area contributed by atoms with E-state index in [2.05, 4.69) is 5.32 Å². The smallest absolute Gasteiger partial charge is 0.344 e. The third-order valence-electron chi connectivity index (χ3n) is 3.26. The molecule has 7 heteroatoms. The van der Waals surface area contributed by atoms with Crippen molar-refractivity contribution >= 4 is 29.2 Å². The molecule has 26 heavy (non-hydrogen) atoms. The van der Waals surface area contributed by atoms with E-state index in [1.54, 1.807) is 36.4 Å². The van der Waals surface area contributed by atoms with Gasteiger partial charge in [-0.2, -0.15) is 0 Å². The standard InChI is InChI=1S/C19H20ClNO5/c1-3-24-16-7-5-4-6-15(16)21-18(22)11-26-19(23)12-25-17-10-13(2)8-9-14(17)20/h4-10H,3,11-12H2,1-2H3,(H,21,22). The number of carbonyl (C=O) groups excluding carboxylic acids is 2. The third-order valence-corrected chi connectivity index (χ3v) is 3.57. The van der Waals surface area contributed by atoms with Crippen molar-refractivity contribution in [1.82, 2.24) is 0 Å². The molecular weight excluding hydrogens is 358 g/mol. The minimum Gasteiger partial charge on any atom is -0.492 e. The first kappa shape index (κ1) is 19.6. The van der Waals surface area contributed by atoms with Gasteiger partial charge in [-0.3, -0.25) is 4.79 Å². The van der Waals surface area contributed by atoms with Gasteiger partial charge in [0.15, 0.2) is 13.2 Å². The minimum absolute atomic E-state index is 0.341. The van der Waals surface area contributed by atoms with Crippen molar-refractivity contribution in [2.24, 2.45) is 0 Å². The van der Waals surface area contributed by atoms with Crippen LogP contribution in [0.1, 0.15) is 12.5 Å². The van der Waals surface area contributed by atoms with Gasteiger partial charge in [0.25, 0.3) is 5.91 Å². The number of carbonyl (C=O) groups is 2. The molecule has 0 radical (unpaired) electrons. The maximum atomic E-state index is 11.9. The topological polar surface area (TPSA) is 73.9 Å². The van der Waals surface area contributed by atoms with E-state index in [-0.39, 0.29) is 6.61 Å². The fourth-order valence-corrected chi connectivity index (χ4v) is 2.26. The second-order valence-electron chi connectivity index (χ2n) is 5.36. The lowest BCUT2D eigenvalue weighted by atomic mass is 10.2. The monoisotopic (exact) mass is 377 g/mol. The zero-order valence-corrected chi connectivity index (χ0v) is 15.3. The first-order valence-corrected chi connectivity index (χ1v) is 8.43. The highest BCUT2D eigenvalue weighted by Gasteiger charge is 2.12. The number of para-hydroxylation sites is 2. The molecule has 0 saturated heterocycles. The lowest BCUT2D eigenvalue weighted by Crippen LogP contribution is -2.24. The SMILES string of the molecule is CCOc1ccccc1NC(=O)COC(=O)COc1cc(C)ccc1Cl. The molecule has 0 aliphatic heterocycles. The van der Waals surface area contributed by atoms with Crippen molar-refractivity contribution in [2.45, 2.75) is 13.8 Å². The van der Waals surface area contributed by atoms with E-state index in [9.17, 15) is 9.59 Å². The molecule has 1 amide bonds. The molecule has 0 aliphatic rings. The summed E-state index contributed by atoms with van der Waals surface area (Å²) in [5, 5.41) is 3.03. The van der Waals surface area contributed by atoms with Crippen LogP contribution in [0.25, 0.3) is 0 Å². The molecule has 0 saturated carbocycles. The van der Waals surface area contributed by atoms with Crippen LogP contribution < -0.4 is 14.8 Å². The van der Waals surface area contributed by atoms with Crippen molar-refractivity contribution in [3.63, 3.8) is 0 Å². The number of halogens is 1. The Morgan fingerprint density at radius 2 is 1.81 bits per heavy atom. The second-order valence-corrected chi connectivity index (χ2v) is 5.77. The fraction of sp³-hybridized carbons (Fsp3) is 0.263. The molecule has 2 aromatic rings. The van der Waals surface area contributed by atoms with Crippen LogP contribution in [0.3, 0.4) is 0 Å². The van der Waals surface area contributed by atoms with E-state index in [1.807, 2.05) is 19.9 Å². The molecule has 0 aliphatic carbocycles. The lowest BCUT2D eigenvalue weighted by Gasteiger charge is -2.12. The Morgan fingerprint density at radius 3 is 2.58 bits per heavy atom. The second kappa shape index (κ2) is 9.68. The van der Waals surface area contributed by atoms with Gasteiger partial charge in [-0.05, 0) is 43.7 Å².